The van der Waals surface area contributed by atoms with Crippen molar-refractivity contribution in [3.8, 4) is 28.4 Å². The predicted octanol–water partition coefficient (Wildman–Crippen LogP) is -1.52. The van der Waals surface area contributed by atoms with Gasteiger partial charge >= 0.3 is 0 Å². The van der Waals surface area contributed by atoms with Crippen LogP contribution in [0.1, 0.15) is 0 Å². The summed E-state index contributed by atoms with van der Waals surface area (Å²) in [5, 5.41) is 71.9. The summed E-state index contributed by atoms with van der Waals surface area (Å²) < 4.78 is 38.7. The van der Waals surface area contributed by atoms with Crippen molar-refractivity contribution in [2.75, 3.05) is 27.4 Å². The van der Waals surface area contributed by atoms with Crippen molar-refractivity contribution in [2.45, 2.75) is 61.4 Å². The van der Waals surface area contributed by atoms with E-state index in [2.05, 4.69) is 0 Å². The summed E-state index contributed by atoms with van der Waals surface area (Å²) in [6.45, 7) is -1.46. The Morgan fingerprint density at radius 2 is 1.41 bits per heavy atom. The van der Waals surface area contributed by atoms with Gasteiger partial charge in [0.25, 0.3) is 0 Å². The molecule has 0 unspecified atom stereocenters. The lowest BCUT2D eigenvalue weighted by Gasteiger charge is -2.45. The van der Waals surface area contributed by atoms with Gasteiger partial charge in [-0.05, 0) is 23.8 Å². The summed E-state index contributed by atoms with van der Waals surface area (Å²) in [4.78, 5) is 13.4. The molecule has 10 atom stereocenters. The van der Waals surface area contributed by atoms with E-state index >= 15 is 0 Å². The Labute approximate surface area is 249 Å². The van der Waals surface area contributed by atoms with Crippen molar-refractivity contribution in [1.29, 1.82) is 0 Å². The first-order chi connectivity index (χ1) is 21.1. The third kappa shape index (κ3) is 5.99. The van der Waals surface area contributed by atoms with Crippen LogP contribution in [0.3, 0.4) is 0 Å². The molecule has 0 amide bonds. The normalized spacial score (nSPS) is 32.4. The van der Waals surface area contributed by atoms with E-state index in [1.54, 1.807) is 24.3 Å². The molecule has 5 rings (SSSR count). The highest BCUT2D eigenvalue weighted by atomic mass is 16.7. The second kappa shape index (κ2) is 13.3. The Balaban J connectivity index is 1.42. The molecule has 1 aromatic heterocycles. The Morgan fingerprint density at radius 3 is 2.05 bits per heavy atom. The molecule has 7 N–H and O–H groups in total. The molecule has 15 heteroatoms. The van der Waals surface area contributed by atoms with Crippen LogP contribution in [0, 0.1) is 0 Å². The number of hydrogen-bond acceptors (Lipinski definition) is 15. The van der Waals surface area contributed by atoms with Gasteiger partial charge in [-0.2, -0.15) is 0 Å². The Kier molecular flexibility index (Phi) is 9.71. The highest BCUT2D eigenvalue weighted by Gasteiger charge is 2.51. The maximum Gasteiger partial charge on any atom is 0.229 e. The fourth-order valence-corrected chi connectivity index (χ4v) is 5.13. The van der Waals surface area contributed by atoms with Gasteiger partial charge < -0.3 is 68.6 Å². The van der Waals surface area contributed by atoms with E-state index in [-0.39, 0.29) is 33.5 Å². The van der Waals surface area contributed by atoms with Crippen molar-refractivity contribution in [2.24, 2.45) is 0 Å². The number of fused-ring (bicyclic) bond motifs is 1. The largest absolute Gasteiger partial charge is 0.497 e. The SMILES string of the molecule is COc1ccc(-c2coc3cc(O[C@@H]4O[C@H](CO)[C@@H](O)[C@H](O[C@@H]5O[C@H](CO)[C@@H](O)[C@H](O)[C@H]5O)[C@H]4O)c(OC)cc3c2=O)cc1. The molecule has 3 heterocycles. The Hall–Kier alpha value is -3.35. The summed E-state index contributed by atoms with van der Waals surface area (Å²) in [6, 6.07) is 9.56. The second-order valence-electron chi connectivity index (χ2n) is 10.3. The number of benzene rings is 2. The fourth-order valence-electron chi connectivity index (χ4n) is 5.13. The minimum atomic E-state index is -1.83. The van der Waals surface area contributed by atoms with Gasteiger partial charge in [0.1, 0.15) is 66.4 Å². The highest BCUT2D eigenvalue weighted by Crippen LogP contribution is 2.36. The lowest BCUT2D eigenvalue weighted by molar-refractivity contribution is -0.352. The molecule has 44 heavy (non-hydrogen) atoms. The molecule has 15 nitrogen and oxygen atoms in total. The number of aliphatic hydroxyl groups excluding tert-OH is 7. The van der Waals surface area contributed by atoms with Crippen molar-refractivity contribution >= 4 is 11.0 Å². The lowest BCUT2D eigenvalue weighted by Crippen LogP contribution is -2.65. The van der Waals surface area contributed by atoms with Gasteiger partial charge in [0.05, 0.1) is 38.4 Å². The van der Waals surface area contributed by atoms with Crippen molar-refractivity contribution in [3.63, 3.8) is 0 Å². The summed E-state index contributed by atoms with van der Waals surface area (Å²) in [7, 11) is 2.86. The van der Waals surface area contributed by atoms with Crippen molar-refractivity contribution in [1.82, 2.24) is 0 Å². The lowest BCUT2D eigenvalue weighted by atomic mass is 9.97. The fraction of sp³-hybridized carbons (Fsp3) is 0.483. The van der Waals surface area contributed by atoms with Gasteiger partial charge in [0.15, 0.2) is 17.8 Å². The van der Waals surface area contributed by atoms with Crippen LogP contribution in [-0.2, 0) is 14.2 Å². The zero-order valence-electron chi connectivity index (χ0n) is 23.6. The molecule has 3 aromatic rings. The van der Waals surface area contributed by atoms with Crippen LogP contribution in [0.2, 0.25) is 0 Å². The number of rotatable bonds is 9. The first-order valence-electron chi connectivity index (χ1n) is 13.6. The molecule has 2 aliphatic rings. The molecular formula is C29H34O15. The molecule has 2 aliphatic heterocycles. The molecule has 2 aromatic carbocycles. The molecule has 0 aliphatic carbocycles. The van der Waals surface area contributed by atoms with E-state index in [9.17, 15) is 40.5 Å². The van der Waals surface area contributed by atoms with E-state index in [0.29, 0.717) is 11.3 Å². The van der Waals surface area contributed by atoms with E-state index < -0.39 is 74.6 Å². The van der Waals surface area contributed by atoms with Crippen LogP contribution < -0.4 is 19.6 Å². The predicted molar refractivity (Wildman–Crippen MR) is 148 cm³/mol. The maximum atomic E-state index is 13.4. The average molecular weight is 623 g/mol. The van der Waals surface area contributed by atoms with E-state index in [4.69, 9.17) is 32.8 Å². The molecule has 0 spiro atoms. The quantitative estimate of drug-likeness (QED) is 0.144. The van der Waals surface area contributed by atoms with Gasteiger partial charge in [-0.15, -0.1) is 0 Å². The molecule has 2 saturated heterocycles. The summed E-state index contributed by atoms with van der Waals surface area (Å²) in [5.41, 5.74) is 0.640. The third-order valence-corrected chi connectivity index (χ3v) is 7.66. The maximum absolute atomic E-state index is 13.4. The van der Waals surface area contributed by atoms with Crippen LogP contribution in [0.4, 0.5) is 0 Å². The summed E-state index contributed by atoms with van der Waals surface area (Å²) >= 11 is 0. The minimum absolute atomic E-state index is 0.0379. The zero-order valence-corrected chi connectivity index (χ0v) is 23.6. The van der Waals surface area contributed by atoms with Crippen LogP contribution in [-0.4, -0.2) is 125 Å². The number of aliphatic hydroxyl groups is 7. The van der Waals surface area contributed by atoms with Gasteiger partial charge in [-0.3, -0.25) is 4.79 Å². The summed E-state index contributed by atoms with van der Waals surface area (Å²) in [6.07, 6.45) is -15.0. The Bertz CT molecular complexity index is 1470. The molecule has 0 radical (unpaired) electrons. The number of hydrogen-bond donors (Lipinski definition) is 7. The molecule has 0 saturated carbocycles. The zero-order chi connectivity index (χ0) is 31.7. The highest BCUT2D eigenvalue weighted by molar-refractivity contribution is 5.84. The number of ether oxygens (including phenoxy) is 6. The third-order valence-electron chi connectivity index (χ3n) is 7.66. The van der Waals surface area contributed by atoms with Gasteiger partial charge in [-0.25, -0.2) is 0 Å². The van der Waals surface area contributed by atoms with Crippen molar-refractivity contribution < 1.29 is 68.6 Å². The van der Waals surface area contributed by atoms with Crippen LogP contribution >= 0.6 is 0 Å². The van der Waals surface area contributed by atoms with Crippen LogP contribution in [0.15, 0.2) is 51.9 Å². The van der Waals surface area contributed by atoms with Gasteiger partial charge in [-0.1, -0.05) is 12.1 Å². The van der Waals surface area contributed by atoms with Crippen LogP contribution in [0.5, 0.6) is 17.2 Å². The Morgan fingerprint density at radius 1 is 0.750 bits per heavy atom. The van der Waals surface area contributed by atoms with Gasteiger partial charge in [0.2, 0.25) is 11.7 Å². The smallest absolute Gasteiger partial charge is 0.229 e. The summed E-state index contributed by atoms with van der Waals surface area (Å²) in [5.74, 6) is 0.640. The minimum Gasteiger partial charge on any atom is -0.497 e. The average Bonchev–Trinajstić information content (AvgIpc) is 3.04. The number of methoxy groups -OCH3 is 2. The molecule has 2 fully saturated rings. The van der Waals surface area contributed by atoms with Crippen molar-refractivity contribution in [3.05, 3.63) is 52.9 Å². The first kappa shape index (κ1) is 32.1. The first-order valence-corrected chi connectivity index (χ1v) is 13.6. The molecule has 0 bridgehead atoms. The van der Waals surface area contributed by atoms with E-state index in [1.807, 2.05) is 0 Å². The molecular weight excluding hydrogens is 588 g/mol. The molecule has 240 valence electrons. The van der Waals surface area contributed by atoms with E-state index in [1.165, 1.54) is 32.6 Å². The monoisotopic (exact) mass is 622 g/mol. The topological polar surface area (TPSA) is 227 Å². The van der Waals surface area contributed by atoms with Crippen LogP contribution in [0.25, 0.3) is 22.1 Å². The second-order valence-corrected chi connectivity index (χ2v) is 10.3. The standard InChI is InChI=1S/C29H34O15/c1-38-13-5-3-12(4-6-13)15-11-40-16-8-18(17(39-2)7-14(16)21(15)32)41-29-26(37)27(23(34)20(10-31)43-29)44-28-25(36)24(35)22(33)19(9-30)42-28/h3-8,11,19-20,22-31,33-37H,9-10H2,1-2H3/t19-,20-,22-,23-,24+,25-,26-,27+,28+,29-/m1/s1. The van der Waals surface area contributed by atoms with Gasteiger partial charge in [0, 0.05) is 6.07 Å². The van der Waals surface area contributed by atoms with E-state index in [0.717, 1.165) is 0 Å².